The predicted molar refractivity (Wildman–Crippen MR) is 59.7 cm³/mol. The van der Waals surface area contributed by atoms with Gasteiger partial charge in [0, 0.05) is 24.9 Å². The van der Waals surface area contributed by atoms with Crippen LogP contribution in [0.1, 0.15) is 50.8 Å². The molecule has 1 aromatic heterocycles. The fourth-order valence-electron chi connectivity index (χ4n) is 2.51. The van der Waals surface area contributed by atoms with Crippen molar-refractivity contribution < 1.29 is 5.11 Å². The number of nitrogens with zero attached hydrogens (tertiary/aromatic N) is 2. The van der Waals surface area contributed by atoms with E-state index < -0.39 is 0 Å². The minimum atomic E-state index is -0.115. The van der Waals surface area contributed by atoms with Crippen LogP contribution in [-0.4, -0.2) is 20.8 Å². The standard InChI is InChI=1S/C12H20N2O/c1-2-7-14-8-6-13-12(14)10-4-3-5-11(15)9-10/h6,8,10-11,15H,2-5,7,9H2,1H3. The van der Waals surface area contributed by atoms with Gasteiger partial charge in [-0.15, -0.1) is 0 Å². The van der Waals surface area contributed by atoms with E-state index in [0.717, 1.165) is 32.2 Å². The number of aromatic nitrogens is 2. The van der Waals surface area contributed by atoms with Crippen molar-refractivity contribution in [2.45, 2.75) is 57.6 Å². The molecule has 84 valence electrons. The van der Waals surface area contributed by atoms with Crippen molar-refractivity contribution in [3.63, 3.8) is 0 Å². The molecule has 3 heteroatoms. The van der Waals surface area contributed by atoms with E-state index in [0.29, 0.717) is 5.92 Å². The van der Waals surface area contributed by atoms with Crippen molar-refractivity contribution in [2.24, 2.45) is 0 Å². The SMILES string of the molecule is CCCn1ccnc1C1CCCC(O)C1. The van der Waals surface area contributed by atoms with Gasteiger partial charge in [0.1, 0.15) is 5.82 Å². The molecule has 1 saturated carbocycles. The summed E-state index contributed by atoms with van der Waals surface area (Å²) in [5.74, 6) is 1.64. The fourth-order valence-corrected chi connectivity index (χ4v) is 2.51. The largest absolute Gasteiger partial charge is 0.393 e. The summed E-state index contributed by atoms with van der Waals surface area (Å²) in [6.45, 7) is 3.22. The summed E-state index contributed by atoms with van der Waals surface area (Å²) < 4.78 is 2.24. The van der Waals surface area contributed by atoms with E-state index in [1.165, 1.54) is 12.2 Å². The quantitative estimate of drug-likeness (QED) is 0.827. The third-order valence-corrected chi connectivity index (χ3v) is 3.22. The zero-order chi connectivity index (χ0) is 10.7. The molecule has 15 heavy (non-hydrogen) atoms. The Bertz CT molecular complexity index is 308. The molecule has 0 aliphatic heterocycles. The third-order valence-electron chi connectivity index (χ3n) is 3.22. The lowest BCUT2D eigenvalue weighted by Crippen LogP contribution is -2.20. The number of aliphatic hydroxyl groups excluding tert-OH is 1. The van der Waals surface area contributed by atoms with E-state index in [-0.39, 0.29) is 6.10 Å². The van der Waals surface area contributed by atoms with Crippen LogP contribution in [0.25, 0.3) is 0 Å². The van der Waals surface area contributed by atoms with Gasteiger partial charge in [0.2, 0.25) is 0 Å². The maximum atomic E-state index is 9.66. The molecule has 2 rings (SSSR count). The van der Waals surface area contributed by atoms with Crippen LogP contribution in [0.5, 0.6) is 0 Å². The third kappa shape index (κ3) is 2.40. The smallest absolute Gasteiger partial charge is 0.111 e. The highest BCUT2D eigenvalue weighted by atomic mass is 16.3. The van der Waals surface area contributed by atoms with Gasteiger partial charge < -0.3 is 9.67 Å². The van der Waals surface area contributed by atoms with Crippen LogP contribution >= 0.6 is 0 Å². The lowest BCUT2D eigenvalue weighted by molar-refractivity contribution is 0.117. The number of aryl methyl sites for hydroxylation is 1. The fraction of sp³-hybridized carbons (Fsp3) is 0.750. The molecule has 0 radical (unpaired) electrons. The molecule has 1 aliphatic rings. The second-order valence-electron chi connectivity index (χ2n) is 4.50. The minimum absolute atomic E-state index is 0.115. The van der Waals surface area contributed by atoms with Gasteiger partial charge >= 0.3 is 0 Å². The Kier molecular flexibility index (Phi) is 3.41. The molecule has 0 aromatic carbocycles. The minimum Gasteiger partial charge on any atom is -0.393 e. The van der Waals surface area contributed by atoms with Gasteiger partial charge in [-0.05, 0) is 25.7 Å². The second-order valence-corrected chi connectivity index (χ2v) is 4.50. The first-order valence-corrected chi connectivity index (χ1v) is 6.00. The molecule has 1 aromatic rings. The van der Waals surface area contributed by atoms with E-state index >= 15 is 0 Å². The van der Waals surface area contributed by atoms with E-state index in [2.05, 4.69) is 22.7 Å². The number of rotatable bonds is 3. The van der Waals surface area contributed by atoms with Gasteiger partial charge in [0.15, 0.2) is 0 Å². The van der Waals surface area contributed by atoms with Crippen LogP contribution in [0.4, 0.5) is 0 Å². The number of hydrogen-bond donors (Lipinski definition) is 1. The number of hydrogen-bond acceptors (Lipinski definition) is 2. The molecule has 0 spiro atoms. The Balaban J connectivity index is 2.10. The van der Waals surface area contributed by atoms with Gasteiger partial charge in [-0.25, -0.2) is 4.98 Å². The predicted octanol–water partition coefficient (Wildman–Crippen LogP) is 2.31. The molecule has 1 fully saturated rings. The molecular formula is C12H20N2O. The molecule has 0 saturated heterocycles. The topological polar surface area (TPSA) is 38.0 Å². The molecule has 3 nitrogen and oxygen atoms in total. The summed E-state index contributed by atoms with van der Waals surface area (Å²) in [5.41, 5.74) is 0. The molecule has 0 amide bonds. The first kappa shape index (κ1) is 10.7. The van der Waals surface area contributed by atoms with Gasteiger partial charge in [-0.2, -0.15) is 0 Å². The molecule has 1 aliphatic carbocycles. The van der Waals surface area contributed by atoms with E-state index in [1.807, 2.05) is 6.20 Å². The van der Waals surface area contributed by atoms with Gasteiger partial charge in [-0.1, -0.05) is 13.3 Å². The lowest BCUT2D eigenvalue weighted by Gasteiger charge is -2.25. The van der Waals surface area contributed by atoms with Crippen molar-refractivity contribution in [1.29, 1.82) is 0 Å². The Morgan fingerprint density at radius 3 is 3.13 bits per heavy atom. The lowest BCUT2D eigenvalue weighted by atomic mass is 9.86. The van der Waals surface area contributed by atoms with E-state index in [4.69, 9.17) is 0 Å². The zero-order valence-corrected chi connectivity index (χ0v) is 9.39. The Morgan fingerprint density at radius 1 is 1.53 bits per heavy atom. The van der Waals surface area contributed by atoms with Crippen LogP contribution in [0.2, 0.25) is 0 Å². The van der Waals surface area contributed by atoms with E-state index in [9.17, 15) is 5.11 Å². The summed E-state index contributed by atoms with van der Waals surface area (Å²) >= 11 is 0. The van der Waals surface area contributed by atoms with Crippen LogP contribution in [-0.2, 0) is 6.54 Å². The first-order chi connectivity index (χ1) is 7.31. The van der Waals surface area contributed by atoms with Crippen molar-refractivity contribution >= 4 is 0 Å². The average molecular weight is 208 g/mol. The van der Waals surface area contributed by atoms with Gasteiger partial charge in [0.25, 0.3) is 0 Å². The summed E-state index contributed by atoms with van der Waals surface area (Å²) in [4.78, 5) is 4.44. The van der Waals surface area contributed by atoms with Crippen LogP contribution in [0, 0.1) is 0 Å². The van der Waals surface area contributed by atoms with Crippen molar-refractivity contribution in [3.8, 4) is 0 Å². The highest BCUT2D eigenvalue weighted by molar-refractivity contribution is 5.02. The normalized spacial score (nSPS) is 26.8. The first-order valence-electron chi connectivity index (χ1n) is 6.00. The second kappa shape index (κ2) is 4.79. The Hall–Kier alpha value is -0.830. The molecule has 1 N–H and O–H groups in total. The van der Waals surface area contributed by atoms with Crippen molar-refractivity contribution in [1.82, 2.24) is 9.55 Å². The maximum absolute atomic E-state index is 9.66. The zero-order valence-electron chi connectivity index (χ0n) is 9.39. The summed E-state index contributed by atoms with van der Waals surface area (Å²) in [6.07, 6.45) is 9.12. The molecular weight excluding hydrogens is 188 g/mol. The van der Waals surface area contributed by atoms with Crippen molar-refractivity contribution in [2.75, 3.05) is 0 Å². The molecule has 1 heterocycles. The highest BCUT2D eigenvalue weighted by Gasteiger charge is 2.24. The van der Waals surface area contributed by atoms with Crippen LogP contribution in [0.15, 0.2) is 12.4 Å². The van der Waals surface area contributed by atoms with Gasteiger partial charge in [-0.3, -0.25) is 0 Å². The summed E-state index contributed by atoms with van der Waals surface area (Å²) in [5, 5.41) is 9.66. The number of imidazole rings is 1. The summed E-state index contributed by atoms with van der Waals surface area (Å²) in [7, 11) is 0. The Morgan fingerprint density at radius 2 is 2.40 bits per heavy atom. The van der Waals surface area contributed by atoms with Crippen molar-refractivity contribution in [3.05, 3.63) is 18.2 Å². The highest BCUT2D eigenvalue weighted by Crippen LogP contribution is 2.31. The maximum Gasteiger partial charge on any atom is 0.111 e. The van der Waals surface area contributed by atoms with Crippen LogP contribution < -0.4 is 0 Å². The molecule has 2 atom stereocenters. The van der Waals surface area contributed by atoms with Gasteiger partial charge in [0.05, 0.1) is 6.10 Å². The summed E-state index contributed by atoms with van der Waals surface area (Å²) in [6, 6.07) is 0. The average Bonchev–Trinajstić information content (AvgIpc) is 2.66. The van der Waals surface area contributed by atoms with Crippen LogP contribution in [0.3, 0.4) is 0 Å². The van der Waals surface area contributed by atoms with E-state index in [1.54, 1.807) is 0 Å². The number of aliphatic hydroxyl groups is 1. The Labute approximate surface area is 91.1 Å². The molecule has 2 unspecified atom stereocenters. The monoisotopic (exact) mass is 208 g/mol. The molecule has 0 bridgehead atoms.